The molecule has 20 heavy (non-hydrogen) atoms. The van der Waals surface area contributed by atoms with Crippen molar-refractivity contribution < 1.29 is 0 Å². The van der Waals surface area contributed by atoms with E-state index in [1.165, 1.54) is 0 Å². The first-order chi connectivity index (χ1) is 9.57. The van der Waals surface area contributed by atoms with Crippen LogP contribution < -0.4 is 0 Å². The van der Waals surface area contributed by atoms with Gasteiger partial charge < -0.3 is 0 Å². The molecule has 0 amide bonds. The van der Waals surface area contributed by atoms with Crippen molar-refractivity contribution in [1.82, 2.24) is 4.98 Å². The minimum atomic E-state index is -0.338. The minimum Gasteiger partial charge on any atom is -0.273 e. The van der Waals surface area contributed by atoms with Gasteiger partial charge in [0.15, 0.2) is 0 Å². The first-order valence-electron chi connectivity index (χ1n) is 6.56. The molecule has 1 aliphatic rings. The van der Waals surface area contributed by atoms with E-state index in [9.17, 15) is 0 Å². The van der Waals surface area contributed by atoms with Gasteiger partial charge in [-0.2, -0.15) is 0 Å². The molecule has 0 bridgehead atoms. The zero-order chi connectivity index (χ0) is 14.2. The molecule has 3 rings (SSSR count). The molecule has 2 aromatic rings. The summed E-state index contributed by atoms with van der Waals surface area (Å²) in [4.78, 5) is 9.46. The number of nitrogens with zero attached hydrogens (tertiary/aromatic N) is 2. The summed E-state index contributed by atoms with van der Waals surface area (Å²) in [5.74, 6) is 0. The van der Waals surface area contributed by atoms with Crippen LogP contribution in [0.25, 0.3) is 11.3 Å². The zero-order valence-electron chi connectivity index (χ0n) is 11.5. The van der Waals surface area contributed by atoms with Gasteiger partial charge in [-0.15, -0.1) is 0 Å². The summed E-state index contributed by atoms with van der Waals surface area (Å²) in [5, 5.41) is 0. The lowest BCUT2D eigenvalue weighted by molar-refractivity contribution is 0.622. The van der Waals surface area contributed by atoms with E-state index in [0.29, 0.717) is 0 Å². The summed E-state index contributed by atoms with van der Waals surface area (Å²) >= 11 is 3.45. The lowest BCUT2D eigenvalue weighted by Crippen LogP contribution is -2.16. The molecule has 0 saturated heterocycles. The Morgan fingerprint density at radius 1 is 1.05 bits per heavy atom. The maximum absolute atomic E-state index is 4.79. The molecule has 0 fully saturated rings. The maximum atomic E-state index is 4.79. The van der Waals surface area contributed by atoms with Crippen molar-refractivity contribution in [2.75, 3.05) is 0 Å². The van der Waals surface area contributed by atoms with E-state index in [0.717, 1.165) is 27.1 Å². The smallest absolute Gasteiger partial charge is 0.118 e. The predicted octanol–water partition coefficient (Wildman–Crippen LogP) is 4.76. The molecular formula is C17H15BrN2. The lowest BCUT2D eigenvalue weighted by atomic mass is 9.98. The number of allylic oxidation sites excluding steroid dienone is 1. The molecule has 0 spiro atoms. The highest BCUT2D eigenvalue weighted by atomic mass is 79.9. The molecule has 100 valence electrons. The predicted molar refractivity (Wildman–Crippen MR) is 87.0 cm³/mol. The minimum absolute atomic E-state index is 0.338. The first kappa shape index (κ1) is 13.3. The molecule has 1 aliphatic heterocycles. The van der Waals surface area contributed by atoms with Crippen LogP contribution >= 0.6 is 15.9 Å². The van der Waals surface area contributed by atoms with Gasteiger partial charge in [0.05, 0.1) is 11.4 Å². The number of hydrogen-bond acceptors (Lipinski definition) is 2. The summed E-state index contributed by atoms with van der Waals surface area (Å²) in [5.41, 5.74) is 3.77. The van der Waals surface area contributed by atoms with E-state index in [1.54, 1.807) is 0 Å². The first-order valence-corrected chi connectivity index (χ1v) is 7.35. The molecule has 0 N–H and O–H groups in total. The van der Waals surface area contributed by atoms with Gasteiger partial charge in [-0.25, -0.2) is 4.98 Å². The second kappa shape index (κ2) is 4.98. The van der Waals surface area contributed by atoms with E-state index in [4.69, 9.17) is 4.98 Å². The van der Waals surface area contributed by atoms with Crippen LogP contribution in [-0.4, -0.2) is 10.7 Å². The van der Waals surface area contributed by atoms with Crippen LogP contribution in [0.3, 0.4) is 0 Å². The summed E-state index contributed by atoms with van der Waals surface area (Å²) in [6, 6.07) is 14.3. The van der Waals surface area contributed by atoms with Gasteiger partial charge in [0.1, 0.15) is 5.54 Å². The van der Waals surface area contributed by atoms with Gasteiger partial charge >= 0.3 is 0 Å². The largest absolute Gasteiger partial charge is 0.273 e. The Morgan fingerprint density at radius 2 is 1.80 bits per heavy atom. The zero-order valence-corrected chi connectivity index (χ0v) is 13.1. The Bertz CT molecular complexity index is 701. The van der Waals surface area contributed by atoms with Crippen molar-refractivity contribution in [3.05, 3.63) is 64.8 Å². The highest BCUT2D eigenvalue weighted by Gasteiger charge is 2.27. The van der Waals surface area contributed by atoms with Crippen LogP contribution in [0, 0.1) is 0 Å². The number of hydrogen-bond donors (Lipinski definition) is 0. The van der Waals surface area contributed by atoms with E-state index in [2.05, 4.69) is 46.1 Å². The maximum Gasteiger partial charge on any atom is 0.118 e. The normalized spacial score (nSPS) is 21.1. The van der Waals surface area contributed by atoms with Gasteiger partial charge in [0.2, 0.25) is 0 Å². The second-order valence-electron chi connectivity index (χ2n) is 5.15. The van der Waals surface area contributed by atoms with Gasteiger partial charge in [0.25, 0.3) is 0 Å². The molecule has 3 heteroatoms. The number of aromatic nitrogens is 1. The number of pyridine rings is 1. The van der Waals surface area contributed by atoms with Crippen LogP contribution in [-0.2, 0) is 5.54 Å². The van der Waals surface area contributed by atoms with Crippen LogP contribution in [0.2, 0.25) is 0 Å². The summed E-state index contributed by atoms with van der Waals surface area (Å²) in [7, 11) is 0. The van der Waals surface area contributed by atoms with Crippen molar-refractivity contribution in [1.29, 1.82) is 0 Å². The van der Waals surface area contributed by atoms with Crippen molar-refractivity contribution in [3.8, 4) is 11.3 Å². The van der Waals surface area contributed by atoms with Gasteiger partial charge in [-0.1, -0.05) is 34.1 Å². The van der Waals surface area contributed by atoms with Crippen molar-refractivity contribution in [3.63, 3.8) is 0 Å². The van der Waals surface area contributed by atoms with Crippen LogP contribution in [0.15, 0.2) is 64.1 Å². The Labute approximate surface area is 127 Å². The third kappa shape index (κ3) is 2.46. The molecule has 0 saturated carbocycles. The molecule has 2 nitrogen and oxygen atoms in total. The number of rotatable bonds is 2. The fourth-order valence-corrected chi connectivity index (χ4v) is 2.63. The lowest BCUT2D eigenvalue weighted by Gasteiger charge is -2.18. The molecule has 2 heterocycles. The molecule has 1 atom stereocenters. The third-order valence-electron chi connectivity index (χ3n) is 3.47. The Morgan fingerprint density at radius 3 is 2.45 bits per heavy atom. The van der Waals surface area contributed by atoms with E-state index >= 15 is 0 Å². The highest BCUT2D eigenvalue weighted by Crippen LogP contribution is 2.31. The second-order valence-corrected chi connectivity index (χ2v) is 6.06. The third-order valence-corrected chi connectivity index (χ3v) is 3.99. The molecule has 0 radical (unpaired) electrons. The quantitative estimate of drug-likeness (QED) is 0.781. The number of halogens is 1. The average molecular weight is 327 g/mol. The number of benzene rings is 1. The Hall–Kier alpha value is -1.74. The van der Waals surface area contributed by atoms with Crippen LogP contribution in [0.4, 0.5) is 0 Å². The SMILES string of the molecule is CC1=NC(C)(c2cccc(-c3ccc(Br)cc3)n2)C=C1. The summed E-state index contributed by atoms with van der Waals surface area (Å²) in [6.07, 6.45) is 4.16. The standard InChI is InChI=1S/C17H15BrN2/c1-12-10-11-17(2,20-12)16-5-3-4-15(19-16)13-6-8-14(18)9-7-13/h3-11H,1-2H3. The molecular weight excluding hydrogens is 312 g/mol. The molecule has 1 unspecified atom stereocenters. The van der Waals surface area contributed by atoms with Crippen molar-refractivity contribution >= 4 is 21.6 Å². The van der Waals surface area contributed by atoms with Gasteiger partial charge in [0, 0.05) is 15.7 Å². The summed E-state index contributed by atoms with van der Waals surface area (Å²) in [6.45, 7) is 4.11. The topological polar surface area (TPSA) is 25.2 Å². The van der Waals surface area contributed by atoms with Crippen LogP contribution in [0.1, 0.15) is 19.5 Å². The fourth-order valence-electron chi connectivity index (χ4n) is 2.36. The molecule has 1 aromatic carbocycles. The molecule has 1 aromatic heterocycles. The Balaban J connectivity index is 2.03. The summed E-state index contributed by atoms with van der Waals surface area (Å²) < 4.78 is 1.07. The highest BCUT2D eigenvalue weighted by molar-refractivity contribution is 9.10. The van der Waals surface area contributed by atoms with Crippen molar-refractivity contribution in [2.45, 2.75) is 19.4 Å². The van der Waals surface area contributed by atoms with Crippen molar-refractivity contribution in [2.24, 2.45) is 4.99 Å². The average Bonchev–Trinajstić information content (AvgIpc) is 2.81. The fraction of sp³-hybridized carbons (Fsp3) is 0.176. The number of aliphatic imine (C=N–C) groups is 1. The van der Waals surface area contributed by atoms with Crippen LogP contribution in [0.5, 0.6) is 0 Å². The van der Waals surface area contributed by atoms with Gasteiger partial charge in [-0.3, -0.25) is 4.99 Å². The van der Waals surface area contributed by atoms with E-state index < -0.39 is 0 Å². The van der Waals surface area contributed by atoms with E-state index in [1.807, 2.05) is 43.3 Å². The molecule has 0 aliphatic carbocycles. The van der Waals surface area contributed by atoms with Gasteiger partial charge in [-0.05, 0) is 50.3 Å². The monoisotopic (exact) mass is 326 g/mol. The van der Waals surface area contributed by atoms with E-state index in [-0.39, 0.29) is 5.54 Å². The Kier molecular flexibility index (Phi) is 3.30.